The van der Waals surface area contributed by atoms with E-state index in [4.69, 9.17) is 9.47 Å². The van der Waals surface area contributed by atoms with Crippen LogP contribution in [0.3, 0.4) is 0 Å². The maximum atomic E-state index is 13.1. The summed E-state index contributed by atoms with van der Waals surface area (Å²) >= 11 is 3.10. The van der Waals surface area contributed by atoms with E-state index in [-0.39, 0.29) is 24.7 Å². The zero-order valence-corrected chi connectivity index (χ0v) is 18.1. The average Bonchev–Trinajstić information content (AvgIpc) is 3.26. The van der Waals surface area contributed by atoms with Gasteiger partial charge in [0.25, 0.3) is 5.91 Å². The quantitative estimate of drug-likeness (QED) is 0.321. The highest BCUT2D eigenvalue weighted by molar-refractivity contribution is 7.98. The fourth-order valence-corrected chi connectivity index (χ4v) is 3.99. The van der Waals surface area contributed by atoms with Crippen LogP contribution in [0.15, 0.2) is 58.3 Å². The Hall–Kier alpha value is -2.56. The van der Waals surface area contributed by atoms with Gasteiger partial charge in [-0.3, -0.25) is 4.79 Å². The minimum atomic E-state index is -4.54. The molecule has 0 radical (unpaired) electrons. The molecule has 10 heteroatoms. The highest BCUT2D eigenvalue weighted by atomic mass is 32.2. The number of ether oxygens (including phenoxy) is 2. The van der Waals surface area contributed by atoms with Crippen molar-refractivity contribution < 1.29 is 27.4 Å². The summed E-state index contributed by atoms with van der Waals surface area (Å²) in [4.78, 5) is 17.8. The number of methoxy groups -OCH3 is 1. The van der Waals surface area contributed by atoms with Gasteiger partial charge in [-0.15, -0.1) is 23.1 Å². The molecule has 0 aliphatic heterocycles. The maximum Gasteiger partial charge on any atom is 0.416 e. The van der Waals surface area contributed by atoms with Crippen LogP contribution in [0.2, 0.25) is 0 Å². The van der Waals surface area contributed by atoms with Crippen molar-refractivity contribution in [1.29, 1.82) is 0 Å². The number of nitrogens with one attached hydrogen (secondary N) is 1. The molecule has 3 aromatic rings. The van der Waals surface area contributed by atoms with E-state index >= 15 is 0 Å². The van der Waals surface area contributed by atoms with Crippen LogP contribution in [0.5, 0.6) is 5.75 Å². The third kappa shape index (κ3) is 6.71. The van der Waals surface area contributed by atoms with Crippen LogP contribution >= 0.6 is 23.1 Å². The van der Waals surface area contributed by atoms with Gasteiger partial charge < -0.3 is 14.8 Å². The number of thiazole rings is 1. The molecule has 0 aliphatic carbocycles. The smallest absolute Gasteiger partial charge is 0.416 e. The van der Waals surface area contributed by atoms with Gasteiger partial charge in [0.2, 0.25) is 0 Å². The lowest BCUT2D eigenvalue weighted by atomic mass is 10.1. The van der Waals surface area contributed by atoms with E-state index in [1.165, 1.54) is 24.5 Å². The first kappa shape index (κ1) is 23.1. The third-order valence-electron chi connectivity index (χ3n) is 4.09. The van der Waals surface area contributed by atoms with Crippen molar-refractivity contribution in [1.82, 2.24) is 4.98 Å². The van der Waals surface area contributed by atoms with Gasteiger partial charge in [0.05, 0.1) is 29.1 Å². The Morgan fingerprint density at radius 1 is 1.16 bits per heavy atom. The molecule has 5 nitrogen and oxygen atoms in total. The highest BCUT2D eigenvalue weighted by Crippen LogP contribution is 2.35. The minimum Gasteiger partial charge on any atom is -0.489 e. The summed E-state index contributed by atoms with van der Waals surface area (Å²) in [5, 5.41) is 4.49. The molecule has 164 valence electrons. The molecule has 0 saturated carbocycles. The number of amides is 1. The monoisotopic (exact) mass is 468 g/mol. The molecule has 1 N–H and O–H groups in total. The third-order valence-corrected chi connectivity index (χ3v) is 5.77. The number of alkyl halides is 3. The largest absolute Gasteiger partial charge is 0.489 e. The summed E-state index contributed by atoms with van der Waals surface area (Å²) in [6, 6.07) is 9.77. The first-order valence-corrected chi connectivity index (χ1v) is 11.0. The predicted molar refractivity (Wildman–Crippen MR) is 115 cm³/mol. The molecular formula is C21H19F3N2O3S2. The second-order valence-electron chi connectivity index (χ2n) is 6.30. The molecule has 0 unspecified atom stereocenters. The van der Waals surface area contributed by atoms with E-state index in [2.05, 4.69) is 10.3 Å². The Balaban J connectivity index is 1.71. The molecule has 1 heterocycles. The van der Waals surface area contributed by atoms with Gasteiger partial charge in [-0.25, -0.2) is 4.98 Å². The number of carbonyl (C=O) groups excluding carboxylic acids is 1. The summed E-state index contributed by atoms with van der Waals surface area (Å²) in [5.41, 5.74) is 2.12. The average molecular weight is 469 g/mol. The Labute approximate surface area is 185 Å². The number of carbonyl (C=O) groups is 1. The molecule has 0 spiro atoms. The van der Waals surface area contributed by atoms with Gasteiger partial charge in [-0.2, -0.15) is 13.2 Å². The van der Waals surface area contributed by atoms with Gasteiger partial charge >= 0.3 is 6.18 Å². The molecule has 3 rings (SSSR count). The Morgan fingerprint density at radius 3 is 2.58 bits per heavy atom. The molecule has 0 atom stereocenters. The molecule has 0 aliphatic rings. The van der Waals surface area contributed by atoms with E-state index in [9.17, 15) is 18.0 Å². The fourth-order valence-electron chi connectivity index (χ4n) is 2.53. The second-order valence-corrected chi connectivity index (χ2v) is 8.06. The topological polar surface area (TPSA) is 60.5 Å². The lowest BCUT2D eigenvalue weighted by molar-refractivity contribution is -0.137. The Kier molecular flexibility index (Phi) is 7.94. The van der Waals surface area contributed by atoms with Crippen molar-refractivity contribution in [2.45, 2.75) is 16.8 Å². The van der Waals surface area contributed by atoms with Gasteiger partial charge in [-0.05, 0) is 42.5 Å². The number of nitrogens with zero attached hydrogens (tertiary/aromatic N) is 1. The normalized spacial score (nSPS) is 11.4. The summed E-state index contributed by atoms with van der Waals surface area (Å²) < 4.78 is 49.7. The molecule has 0 bridgehead atoms. The molecule has 1 aromatic heterocycles. The Bertz CT molecular complexity index is 994. The fraction of sp³-hybridized carbons (Fsp3) is 0.238. The van der Waals surface area contributed by atoms with Crippen molar-refractivity contribution in [3.8, 4) is 5.75 Å². The van der Waals surface area contributed by atoms with E-state index in [1.54, 1.807) is 41.5 Å². The number of hydrogen-bond donors (Lipinski definition) is 1. The molecule has 2 aromatic carbocycles. The van der Waals surface area contributed by atoms with Crippen molar-refractivity contribution in [2.75, 3.05) is 25.6 Å². The Morgan fingerprint density at radius 2 is 1.94 bits per heavy atom. The van der Waals surface area contributed by atoms with Crippen LogP contribution in [-0.4, -0.2) is 31.2 Å². The second kappa shape index (κ2) is 10.7. The van der Waals surface area contributed by atoms with Crippen LogP contribution in [0, 0.1) is 0 Å². The first-order valence-electron chi connectivity index (χ1n) is 9.11. The van der Waals surface area contributed by atoms with Crippen molar-refractivity contribution in [2.24, 2.45) is 0 Å². The van der Waals surface area contributed by atoms with E-state index in [1.807, 2.05) is 5.38 Å². The summed E-state index contributed by atoms with van der Waals surface area (Å²) in [6.07, 6.45) is -4.54. The van der Waals surface area contributed by atoms with Gasteiger partial charge in [0.1, 0.15) is 12.4 Å². The number of halogens is 3. The summed E-state index contributed by atoms with van der Waals surface area (Å²) in [5.74, 6) is 0.308. The van der Waals surface area contributed by atoms with Crippen LogP contribution in [-0.2, 0) is 16.7 Å². The van der Waals surface area contributed by atoms with E-state index in [0.717, 1.165) is 22.7 Å². The van der Waals surface area contributed by atoms with Gasteiger partial charge in [0.15, 0.2) is 0 Å². The number of hydrogen-bond acceptors (Lipinski definition) is 6. The van der Waals surface area contributed by atoms with Crippen LogP contribution < -0.4 is 10.1 Å². The lowest BCUT2D eigenvalue weighted by Gasteiger charge is -2.15. The predicted octanol–water partition coefficient (Wildman–Crippen LogP) is 5.73. The summed E-state index contributed by atoms with van der Waals surface area (Å²) in [6.45, 7) is 0.393. The molecule has 1 amide bonds. The van der Waals surface area contributed by atoms with Crippen LogP contribution in [0.1, 0.15) is 21.6 Å². The highest BCUT2D eigenvalue weighted by Gasteiger charge is 2.31. The zero-order chi connectivity index (χ0) is 22.3. The van der Waals surface area contributed by atoms with Gasteiger partial charge in [0, 0.05) is 28.7 Å². The standard InChI is InChI=1S/C21H19F3N2O3S2/c1-28-8-9-29-19-7-4-15(21(22,23)24)10-18(19)26-20(27)14-2-5-17(6-3-14)31-12-16-11-30-13-25-16/h2-7,10-11,13H,8-9,12H2,1H3,(H,26,27). The number of benzene rings is 2. The molecular weight excluding hydrogens is 449 g/mol. The lowest BCUT2D eigenvalue weighted by Crippen LogP contribution is -2.15. The van der Waals surface area contributed by atoms with Crippen molar-refractivity contribution in [3.63, 3.8) is 0 Å². The molecule has 0 saturated heterocycles. The first-order chi connectivity index (χ1) is 14.9. The summed E-state index contributed by atoms with van der Waals surface area (Å²) in [7, 11) is 1.48. The van der Waals surface area contributed by atoms with Crippen molar-refractivity contribution in [3.05, 3.63) is 70.2 Å². The minimum absolute atomic E-state index is 0.0575. The maximum absolute atomic E-state index is 13.1. The van der Waals surface area contributed by atoms with Crippen LogP contribution in [0.4, 0.5) is 18.9 Å². The number of anilines is 1. The van der Waals surface area contributed by atoms with E-state index < -0.39 is 17.6 Å². The van der Waals surface area contributed by atoms with Crippen molar-refractivity contribution >= 4 is 34.7 Å². The zero-order valence-electron chi connectivity index (χ0n) is 16.4. The molecule has 31 heavy (non-hydrogen) atoms. The number of thioether (sulfide) groups is 1. The van der Waals surface area contributed by atoms with Gasteiger partial charge in [-0.1, -0.05) is 0 Å². The van der Waals surface area contributed by atoms with E-state index in [0.29, 0.717) is 11.3 Å². The molecule has 0 fully saturated rings. The number of rotatable bonds is 9. The SMILES string of the molecule is COCCOc1ccc(C(F)(F)F)cc1NC(=O)c1ccc(SCc2cscn2)cc1. The number of aromatic nitrogens is 1. The van der Waals surface area contributed by atoms with Crippen LogP contribution in [0.25, 0.3) is 0 Å².